The molecule has 1 fully saturated rings. The van der Waals surface area contributed by atoms with Crippen LogP contribution in [0.4, 0.5) is 21.5 Å². The average molecular weight is 515 g/mol. The summed E-state index contributed by atoms with van der Waals surface area (Å²) in [5.74, 6) is 0.692. The van der Waals surface area contributed by atoms with Crippen LogP contribution >= 0.6 is 0 Å². The SMILES string of the molecule is CNc1cc2nccc(Oc3ccc(NC(=O)C4(C(=O)Nc5ccc(F)cc5)CC4)c(C)c3)c2cc1OC. The van der Waals surface area contributed by atoms with Gasteiger partial charge in [-0.15, -0.1) is 0 Å². The normalized spacial score (nSPS) is 13.5. The fraction of sp³-hybridized carbons (Fsp3) is 0.207. The van der Waals surface area contributed by atoms with Gasteiger partial charge in [0, 0.05) is 30.0 Å². The van der Waals surface area contributed by atoms with Crippen LogP contribution in [0.1, 0.15) is 18.4 Å². The largest absolute Gasteiger partial charge is 0.495 e. The monoisotopic (exact) mass is 514 g/mol. The molecule has 0 unspecified atom stereocenters. The zero-order valence-corrected chi connectivity index (χ0v) is 21.2. The van der Waals surface area contributed by atoms with Crippen molar-refractivity contribution < 1.29 is 23.5 Å². The zero-order valence-electron chi connectivity index (χ0n) is 21.2. The van der Waals surface area contributed by atoms with Crippen LogP contribution in [0.2, 0.25) is 0 Å². The number of pyridine rings is 1. The molecule has 0 radical (unpaired) electrons. The molecule has 9 heteroatoms. The standard InChI is InChI=1S/C29H27FN4O4/c1-17-14-20(38-25-10-13-32-23-16-24(31-2)26(37-3)15-21(23)25)8-9-22(17)34-28(36)29(11-12-29)27(35)33-19-6-4-18(30)5-7-19/h4-10,13-16,31H,11-12H2,1-3H3,(H,33,35)(H,34,36). The van der Waals surface area contributed by atoms with Crippen LogP contribution in [0.3, 0.4) is 0 Å². The van der Waals surface area contributed by atoms with Crippen LogP contribution in [-0.2, 0) is 9.59 Å². The Morgan fingerprint density at radius 1 is 0.921 bits per heavy atom. The van der Waals surface area contributed by atoms with Crippen molar-refractivity contribution in [1.29, 1.82) is 0 Å². The molecule has 0 spiro atoms. The third-order valence-electron chi connectivity index (χ3n) is 6.69. The van der Waals surface area contributed by atoms with Gasteiger partial charge in [-0.2, -0.15) is 0 Å². The third-order valence-corrected chi connectivity index (χ3v) is 6.69. The fourth-order valence-electron chi connectivity index (χ4n) is 4.28. The smallest absolute Gasteiger partial charge is 0.240 e. The summed E-state index contributed by atoms with van der Waals surface area (Å²) >= 11 is 0. The fourth-order valence-corrected chi connectivity index (χ4v) is 4.28. The van der Waals surface area contributed by atoms with E-state index < -0.39 is 17.1 Å². The average Bonchev–Trinajstić information content (AvgIpc) is 3.73. The number of rotatable bonds is 8. The number of aryl methyl sites for hydroxylation is 1. The lowest BCUT2D eigenvalue weighted by Crippen LogP contribution is -2.35. The first-order valence-electron chi connectivity index (χ1n) is 12.1. The summed E-state index contributed by atoms with van der Waals surface area (Å²) in [7, 11) is 3.42. The van der Waals surface area contributed by atoms with Gasteiger partial charge in [0.15, 0.2) is 0 Å². The number of hydrogen-bond acceptors (Lipinski definition) is 6. The number of carbonyl (C=O) groups excluding carboxylic acids is 2. The molecule has 194 valence electrons. The lowest BCUT2D eigenvalue weighted by Gasteiger charge is -2.17. The molecule has 0 saturated heterocycles. The first-order valence-corrected chi connectivity index (χ1v) is 12.1. The van der Waals surface area contributed by atoms with E-state index in [0.717, 1.165) is 22.2 Å². The van der Waals surface area contributed by atoms with Crippen LogP contribution in [0.25, 0.3) is 10.9 Å². The molecule has 0 atom stereocenters. The van der Waals surface area contributed by atoms with Crippen molar-refractivity contribution in [3.05, 3.63) is 78.2 Å². The Bertz CT molecular complexity index is 1530. The Balaban J connectivity index is 1.31. The van der Waals surface area contributed by atoms with Crippen LogP contribution in [-0.4, -0.2) is 31.0 Å². The van der Waals surface area contributed by atoms with E-state index in [2.05, 4.69) is 20.9 Å². The molecular weight excluding hydrogens is 487 g/mol. The summed E-state index contributed by atoms with van der Waals surface area (Å²) in [5, 5.41) is 9.49. The number of aromatic nitrogens is 1. The van der Waals surface area contributed by atoms with Crippen molar-refractivity contribution in [1.82, 2.24) is 4.98 Å². The molecule has 0 bridgehead atoms. The predicted molar refractivity (Wildman–Crippen MR) is 144 cm³/mol. The lowest BCUT2D eigenvalue weighted by molar-refractivity contribution is -0.131. The van der Waals surface area contributed by atoms with Crippen molar-refractivity contribution in [2.45, 2.75) is 19.8 Å². The molecule has 1 aliphatic rings. The Kier molecular flexibility index (Phi) is 6.59. The van der Waals surface area contributed by atoms with Gasteiger partial charge in [0.1, 0.15) is 28.5 Å². The Hall–Kier alpha value is -4.66. The number of ether oxygens (including phenoxy) is 2. The third kappa shape index (κ3) is 4.82. The van der Waals surface area contributed by atoms with E-state index in [0.29, 0.717) is 41.5 Å². The molecule has 3 N–H and O–H groups in total. The zero-order chi connectivity index (χ0) is 26.9. The van der Waals surface area contributed by atoms with E-state index >= 15 is 0 Å². The van der Waals surface area contributed by atoms with Gasteiger partial charge in [-0.3, -0.25) is 14.6 Å². The second-order valence-corrected chi connectivity index (χ2v) is 9.20. The second kappa shape index (κ2) is 10.0. The van der Waals surface area contributed by atoms with Crippen molar-refractivity contribution in [3.8, 4) is 17.2 Å². The van der Waals surface area contributed by atoms with Crippen LogP contribution < -0.4 is 25.4 Å². The summed E-state index contributed by atoms with van der Waals surface area (Å²) < 4.78 is 24.8. The highest BCUT2D eigenvalue weighted by atomic mass is 19.1. The number of benzene rings is 3. The Labute approximate surface area is 219 Å². The van der Waals surface area contributed by atoms with E-state index in [9.17, 15) is 14.0 Å². The molecule has 4 aromatic rings. The van der Waals surface area contributed by atoms with Gasteiger partial charge in [0.2, 0.25) is 11.8 Å². The minimum absolute atomic E-state index is 0.374. The summed E-state index contributed by atoms with van der Waals surface area (Å²) in [5.41, 5.74) is 2.23. The number of methoxy groups -OCH3 is 1. The van der Waals surface area contributed by atoms with Gasteiger partial charge < -0.3 is 25.4 Å². The van der Waals surface area contributed by atoms with E-state index in [1.807, 2.05) is 32.2 Å². The molecule has 5 rings (SSSR count). The maximum absolute atomic E-state index is 13.2. The van der Waals surface area contributed by atoms with E-state index in [1.165, 1.54) is 24.3 Å². The lowest BCUT2D eigenvalue weighted by atomic mass is 10.0. The van der Waals surface area contributed by atoms with Crippen molar-refractivity contribution in [3.63, 3.8) is 0 Å². The van der Waals surface area contributed by atoms with E-state index in [4.69, 9.17) is 9.47 Å². The molecule has 8 nitrogen and oxygen atoms in total. The molecule has 1 aromatic heterocycles. The van der Waals surface area contributed by atoms with Crippen LogP contribution in [0.15, 0.2) is 66.9 Å². The maximum Gasteiger partial charge on any atom is 0.240 e. The van der Waals surface area contributed by atoms with Gasteiger partial charge in [-0.1, -0.05) is 0 Å². The van der Waals surface area contributed by atoms with Crippen LogP contribution in [0, 0.1) is 18.2 Å². The molecule has 1 heterocycles. The number of halogens is 1. The highest BCUT2D eigenvalue weighted by molar-refractivity contribution is 6.17. The minimum Gasteiger partial charge on any atom is -0.495 e. The molecule has 1 aliphatic carbocycles. The summed E-state index contributed by atoms with van der Waals surface area (Å²) in [6, 6.07) is 16.3. The predicted octanol–water partition coefficient (Wildman–Crippen LogP) is 5.88. The molecular formula is C29H27FN4O4. The second-order valence-electron chi connectivity index (χ2n) is 9.20. The molecule has 2 amide bonds. The van der Waals surface area contributed by atoms with Crippen molar-refractivity contribution in [2.24, 2.45) is 5.41 Å². The van der Waals surface area contributed by atoms with Crippen molar-refractivity contribution in [2.75, 3.05) is 30.1 Å². The van der Waals surface area contributed by atoms with Gasteiger partial charge in [0.05, 0.1) is 18.3 Å². The summed E-state index contributed by atoms with van der Waals surface area (Å²) in [6.45, 7) is 1.85. The summed E-state index contributed by atoms with van der Waals surface area (Å²) in [6.07, 6.45) is 2.57. The van der Waals surface area contributed by atoms with Gasteiger partial charge in [-0.05, 0) is 86.0 Å². The highest BCUT2D eigenvalue weighted by Crippen LogP contribution is 2.48. The maximum atomic E-state index is 13.2. The Morgan fingerprint density at radius 2 is 1.66 bits per heavy atom. The number of anilines is 3. The van der Waals surface area contributed by atoms with E-state index in [1.54, 1.807) is 31.5 Å². The number of carbonyl (C=O) groups is 2. The molecule has 1 saturated carbocycles. The quantitative estimate of drug-likeness (QED) is 0.254. The topological polar surface area (TPSA) is 102 Å². The number of amides is 2. The van der Waals surface area contributed by atoms with Crippen LogP contribution in [0.5, 0.6) is 17.2 Å². The van der Waals surface area contributed by atoms with Gasteiger partial charge in [-0.25, -0.2) is 4.39 Å². The van der Waals surface area contributed by atoms with Gasteiger partial charge >= 0.3 is 0 Å². The number of nitrogens with one attached hydrogen (secondary N) is 3. The highest BCUT2D eigenvalue weighted by Gasteiger charge is 2.56. The molecule has 3 aromatic carbocycles. The minimum atomic E-state index is -1.14. The van der Waals surface area contributed by atoms with Crippen molar-refractivity contribution >= 4 is 39.8 Å². The van der Waals surface area contributed by atoms with Gasteiger partial charge in [0.25, 0.3) is 0 Å². The first-order chi connectivity index (χ1) is 18.3. The number of fused-ring (bicyclic) bond motifs is 1. The molecule has 38 heavy (non-hydrogen) atoms. The molecule has 0 aliphatic heterocycles. The number of hydrogen-bond donors (Lipinski definition) is 3. The summed E-state index contributed by atoms with van der Waals surface area (Å²) in [4.78, 5) is 30.4. The van der Waals surface area contributed by atoms with E-state index in [-0.39, 0.29) is 5.91 Å². The first kappa shape index (κ1) is 25.0. The number of nitrogens with zero attached hydrogens (tertiary/aromatic N) is 1. The Morgan fingerprint density at radius 3 is 2.32 bits per heavy atom.